The number of benzene rings is 1. The molecule has 0 aromatic heterocycles. The van der Waals surface area contributed by atoms with Crippen LogP contribution in [-0.4, -0.2) is 31.6 Å². The molecule has 1 aromatic rings. The molecule has 1 aliphatic rings. The summed E-state index contributed by atoms with van der Waals surface area (Å²) in [7, 11) is 0. The number of carbonyl (C=O) groups is 1. The predicted molar refractivity (Wildman–Crippen MR) is 71.9 cm³/mol. The first-order chi connectivity index (χ1) is 9.13. The topological polar surface area (TPSA) is 38.3 Å². The Morgan fingerprint density at radius 2 is 2.26 bits per heavy atom. The molecular formula is C15H20FNO2. The lowest BCUT2D eigenvalue weighted by molar-refractivity contribution is 0.0891. The smallest absolute Gasteiger partial charge is 0.170 e. The highest BCUT2D eigenvalue weighted by Crippen LogP contribution is 2.22. The average molecular weight is 265 g/mol. The summed E-state index contributed by atoms with van der Waals surface area (Å²) in [6.07, 6.45) is 1.02. The van der Waals surface area contributed by atoms with Gasteiger partial charge in [-0.2, -0.15) is 0 Å². The van der Waals surface area contributed by atoms with Crippen molar-refractivity contribution in [1.82, 2.24) is 5.32 Å². The molecule has 4 heteroatoms. The van der Waals surface area contributed by atoms with Crippen molar-refractivity contribution < 1.29 is 13.9 Å². The minimum absolute atomic E-state index is 0.0450. The fourth-order valence-corrected chi connectivity index (χ4v) is 2.45. The van der Waals surface area contributed by atoms with Crippen molar-refractivity contribution in [3.8, 4) is 0 Å². The lowest BCUT2D eigenvalue weighted by Gasteiger charge is -2.18. The number of ketones is 1. The number of hydrogen-bond donors (Lipinski definition) is 1. The lowest BCUT2D eigenvalue weighted by atomic mass is 9.91. The van der Waals surface area contributed by atoms with E-state index < -0.39 is 0 Å². The van der Waals surface area contributed by atoms with Crippen LogP contribution in [-0.2, 0) is 4.74 Å². The molecule has 1 N–H and O–H groups in total. The summed E-state index contributed by atoms with van der Waals surface area (Å²) in [6, 6.07) is 4.38. The van der Waals surface area contributed by atoms with E-state index in [1.54, 1.807) is 13.0 Å². The molecule has 1 fully saturated rings. The van der Waals surface area contributed by atoms with Crippen molar-refractivity contribution in [2.24, 2.45) is 5.92 Å². The van der Waals surface area contributed by atoms with Gasteiger partial charge in [0, 0.05) is 11.6 Å². The molecule has 0 aliphatic carbocycles. The van der Waals surface area contributed by atoms with Crippen LogP contribution in [0.25, 0.3) is 0 Å². The monoisotopic (exact) mass is 265 g/mol. The molecule has 3 nitrogen and oxygen atoms in total. The molecule has 0 amide bonds. The van der Waals surface area contributed by atoms with Crippen LogP contribution in [0.15, 0.2) is 18.2 Å². The fraction of sp³-hybridized carbons (Fsp3) is 0.533. The van der Waals surface area contributed by atoms with Crippen LogP contribution < -0.4 is 5.32 Å². The number of Topliss-reactive ketones (excluding diaryl/α,β-unsaturated/α-hetero) is 1. The summed E-state index contributed by atoms with van der Waals surface area (Å²) >= 11 is 0. The highest BCUT2D eigenvalue weighted by atomic mass is 19.1. The zero-order valence-electron chi connectivity index (χ0n) is 11.4. The maximum absolute atomic E-state index is 13.1. The van der Waals surface area contributed by atoms with Crippen molar-refractivity contribution in [3.05, 3.63) is 35.1 Å². The molecule has 0 bridgehead atoms. The van der Waals surface area contributed by atoms with Crippen molar-refractivity contribution in [3.63, 3.8) is 0 Å². The summed E-state index contributed by atoms with van der Waals surface area (Å²) in [6.45, 7) is 5.73. The van der Waals surface area contributed by atoms with Crippen LogP contribution in [0.5, 0.6) is 0 Å². The van der Waals surface area contributed by atoms with Crippen molar-refractivity contribution in [2.45, 2.75) is 26.3 Å². The van der Waals surface area contributed by atoms with Gasteiger partial charge in [0.05, 0.1) is 19.1 Å². The Balaban J connectivity index is 2.13. The van der Waals surface area contributed by atoms with Gasteiger partial charge >= 0.3 is 0 Å². The van der Waals surface area contributed by atoms with E-state index in [1.807, 2.05) is 0 Å². The van der Waals surface area contributed by atoms with Gasteiger partial charge < -0.3 is 10.1 Å². The van der Waals surface area contributed by atoms with E-state index in [1.165, 1.54) is 12.1 Å². The Labute approximate surface area is 113 Å². The Bertz CT molecular complexity index is 461. The minimum atomic E-state index is -0.308. The molecule has 1 aromatic carbocycles. The van der Waals surface area contributed by atoms with Crippen LogP contribution in [0.4, 0.5) is 4.39 Å². The maximum Gasteiger partial charge on any atom is 0.170 e. The second-order valence-electron chi connectivity index (χ2n) is 5.03. The van der Waals surface area contributed by atoms with E-state index in [0.29, 0.717) is 24.3 Å². The highest BCUT2D eigenvalue weighted by Gasteiger charge is 2.34. The van der Waals surface area contributed by atoms with Gasteiger partial charge in [0.25, 0.3) is 0 Å². The number of hydrogen-bond acceptors (Lipinski definition) is 3. The third-order valence-corrected chi connectivity index (χ3v) is 3.53. The van der Waals surface area contributed by atoms with Gasteiger partial charge in [-0.15, -0.1) is 0 Å². The normalized spacial score (nSPS) is 22.7. The number of rotatable bonds is 5. The van der Waals surface area contributed by atoms with Gasteiger partial charge in [-0.05, 0) is 43.7 Å². The number of carbonyl (C=O) groups excluding carboxylic acids is 1. The Morgan fingerprint density at radius 3 is 2.95 bits per heavy atom. The number of nitrogens with one attached hydrogen (secondary N) is 1. The van der Waals surface area contributed by atoms with E-state index in [0.717, 1.165) is 13.0 Å². The Morgan fingerprint density at radius 1 is 1.47 bits per heavy atom. The largest absolute Gasteiger partial charge is 0.379 e. The standard InChI is InChI=1S/C15H20FNO2/c1-3-6-17-14-9-19-8-13(14)15(18)12-5-4-11(16)7-10(12)2/h4-5,7,13-14,17H,3,6,8-9H2,1-2H3. The van der Waals surface area contributed by atoms with Crippen molar-refractivity contribution >= 4 is 5.78 Å². The second-order valence-corrected chi connectivity index (χ2v) is 5.03. The zero-order chi connectivity index (χ0) is 13.8. The number of ether oxygens (including phenoxy) is 1. The van der Waals surface area contributed by atoms with Gasteiger partial charge in [0.15, 0.2) is 5.78 Å². The molecular weight excluding hydrogens is 245 g/mol. The average Bonchev–Trinajstić information content (AvgIpc) is 2.83. The quantitative estimate of drug-likeness (QED) is 0.830. The van der Waals surface area contributed by atoms with Crippen LogP contribution >= 0.6 is 0 Å². The molecule has 0 saturated carbocycles. The van der Waals surface area contributed by atoms with Gasteiger partial charge in [-0.1, -0.05) is 6.92 Å². The third-order valence-electron chi connectivity index (χ3n) is 3.53. The molecule has 1 aliphatic heterocycles. The summed E-state index contributed by atoms with van der Waals surface area (Å²) in [4.78, 5) is 12.5. The maximum atomic E-state index is 13.1. The number of aryl methyl sites for hydroxylation is 1. The minimum Gasteiger partial charge on any atom is -0.379 e. The van der Waals surface area contributed by atoms with E-state index in [4.69, 9.17) is 4.74 Å². The summed E-state index contributed by atoms with van der Waals surface area (Å²) in [5.41, 5.74) is 1.28. The van der Waals surface area contributed by atoms with Crippen LogP contribution in [0.3, 0.4) is 0 Å². The van der Waals surface area contributed by atoms with Crippen molar-refractivity contribution in [1.29, 1.82) is 0 Å². The molecule has 2 unspecified atom stereocenters. The van der Waals surface area contributed by atoms with Gasteiger partial charge in [0.2, 0.25) is 0 Å². The van der Waals surface area contributed by atoms with Crippen molar-refractivity contribution in [2.75, 3.05) is 19.8 Å². The summed E-state index contributed by atoms with van der Waals surface area (Å²) in [5, 5.41) is 3.34. The van der Waals surface area contributed by atoms with E-state index in [9.17, 15) is 9.18 Å². The van der Waals surface area contributed by atoms with E-state index in [2.05, 4.69) is 12.2 Å². The Hall–Kier alpha value is -1.26. The predicted octanol–water partition coefficient (Wildman–Crippen LogP) is 2.33. The first-order valence-electron chi connectivity index (χ1n) is 6.75. The van der Waals surface area contributed by atoms with Gasteiger partial charge in [-0.3, -0.25) is 4.79 Å². The van der Waals surface area contributed by atoms with Crippen LogP contribution in [0, 0.1) is 18.7 Å². The zero-order valence-corrected chi connectivity index (χ0v) is 11.4. The molecule has 19 heavy (non-hydrogen) atoms. The summed E-state index contributed by atoms with van der Waals surface area (Å²) in [5.74, 6) is -0.434. The molecule has 1 saturated heterocycles. The van der Waals surface area contributed by atoms with E-state index >= 15 is 0 Å². The van der Waals surface area contributed by atoms with Crippen LogP contribution in [0.1, 0.15) is 29.3 Å². The number of halogens is 1. The SMILES string of the molecule is CCCNC1COCC1C(=O)c1ccc(F)cc1C. The third kappa shape index (κ3) is 3.19. The molecule has 104 valence electrons. The molecule has 1 heterocycles. The van der Waals surface area contributed by atoms with Gasteiger partial charge in [-0.25, -0.2) is 4.39 Å². The first-order valence-corrected chi connectivity index (χ1v) is 6.75. The molecule has 2 rings (SSSR count). The highest BCUT2D eigenvalue weighted by molar-refractivity contribution is 5.99. The molecule has 0 spiro atoms. The second kappa shape index (κ2) is 6.26. The van der Waals surface area contributed by atoms with Crippen LogP contribution in [0.2, 0.25) is 0 Å². The fourth-order valence-electron chi connectivity index (χ4n) is 2.45. The lowest BCUT2D eigenvalue weighted by Crippen LogP contribution is -2.39. The van der Waals surface area contributed by atoms with E-state index in [-0.39, 0.29) is 23.6 Å². The molecule has 0 radical (unpaired) electrons. The molecule has 2 atom stereocenters. The summed E-state index contributed by atoms with van der Waals surface area (Å²) < 4.78 is 18.5. The first kappa shape index (κ1) is 14.2. The Kier molecular flexibility index (Phi) is 4.66. The van der Waals surface area contributed by atoms with Gasteiger partial charge in [0.1, 0.15) is 5.82 Å².